The standard InChI is InChI=1S/C10H20BrNO/c1-5-12(7-6-11)10(13)9(4)8(2)3/h8-9H,5-7H2,1-4H3. The van der Waals surface area contributed by atoms with Crippen LogP contribution in [0.3, 0.4) is 0 Å². The first-order valence-electron chi connectivity index (χ1n) is 4.89. The van der Waals surface area contributed by atoms with Gasteiger partial charge in [-0.25, -0.2) is 0 Å². The summed E-state index contributed by atoms with van der Waals surface area (Å²) < 4.78 is 0. The van der Waals surface area contributed by atoms with Crippen molar-refractivity contribution in [3.05, 3.63) is 0 Å². The van der Waals surface area contributed by atoms with Crippen LogP contribution in [0.1, 0.15) is 27.7 Å². The summed E-state index contributed by atoms with van der Waals surface area (Å²) in [6.07, 6.45) is 0. The number of halogens is 1. The van der Waals surface area contributed by atoms with E-state index in [1.165, 1.54) is 0 Å². The van der Waals surface area contributed by atoms with Crippen molar-refractivity contribution >= 4 is 21.8 Å². The summed E-state index contributed by atoms with van der Waals surface area (Å²) in [5.74, 6) is 0.841. The Morgan fingerprint density at radius 2 is 1.92 bits per heavy atom. The monoisotopic (exact) mass is 249 g/mol. The first kappa shape index (κ1) is 12.9. The molecular formula is C10H20BrNO. The van der Waals surface area contributed by atoms with Gasteiger partial charge in [-0.2, -0.15) is 0 Å². The topological polar surface area (TPSA) is 20.3 Å². The second-order valence-electron chi connectivity index (χ2n) is 3.64. The lowest BCUT2D eigenvalue weighted by Crippen LogP contribution is -2.38. The molecule has 3 heteroatoms. The molecule has 0 aliphatic rings. The SMILES string of the molecule is CCN(CCBr)C(=O)C(C)C(C)C. The summed E-state index contributed by atoms with van der Waals surface area (Å²) in [6.45, 7) is 9.82. The minimum Gasteiger partial charge on any atom is -0.342 e. The van der Waals surface area contributed by atoms with Crippen LogP contribution in [0.15, 0.2) is 0 Å². The molecule has 0 heterocycles. The van der Waals surface area contributed by atoms with Crippen LogP contribution < -0.4 is 0 Å². The number of alkyl halides is 1. The summed E-state index contributed by atoms with van der Waals surface area (Å²) in [4.78, 5) is 13.7. The lowest BCUT2D eigenvalue weighted by molar-refractivity contribution is -0.135. The minimum absolute atomic E-state index is 0.138. The van der Waals surface area contributed by atoms with E-state index >= 15 is 0 Å². The lowest BCUT2D eigenvalue weighted by Gasteiger charge is -2.25. The number of carbonyl (C=O) groups excluding carboxylic acids is 1. The molecule has 0 aromatic heterocycles. The zero-order valence-electron chi connectivity index (χ0n) is 9.01. The molecule has 1 atom stereocenters. The van der Waals surface area contributed by atoms with Gasteiger partial charge in [0.1, 0.15) is 0 Å². The number of hydrogen-bond donors (Lipinski definition) is 0. The van der Waals surface area contributed by atoms with Gasteiger partial charge in [0, 0.05) is 24.3 Å². The molecular weight excluding hydrogens is 230 g/mol. The van der Waals surface area contributed by atoms with Crippen molar-refractivity contribution in [1.82, 2.24) is 4.90 Å². The highest BCUT2D eigenvalue weighted by Crippen LogP contribution is 2.13. The number of amides is 1. The van der Waals surface area contributed by atoms with E-state index in [2.05, 4.69) is 29.8 Å². The van der Waals surface area contributed by atoms with E-state index in [0.29, 0.717) is 5.92 Å². The molecule has 0 radical (unpaired) electrons. The van der Waals surface area contributed by atoms with Gasteiger partial charge in [0.2, 0.25) is 5.91 Å². The van der Waals surface area contributed by atoms with Gasteiger partial charge < -0.3 is 4.90 Å². The van der Waals surface area contributed by atoms with Crippen LogP contribution in [-0.4, -0.2) is 29.2 Å². The molecule has 78 valence electrons. The third kappa shape index (κ3) is 4.12. The predicted octanol–water partition coefficient (Wildman–Crippen LogP) is 2.52. The summed E-state index contributed by atoms with van der Waals surface area (Å²) in [5, 5.41) is 0.859. The Hall–Kier alpha value is -0.0500. The Balaban J connectivity index is 4.19. The van der Waals surface area contributed by atoms with E-state index in [-0.39, 0.29) is 11.8 Å². The van der Waals surface area contributed by atoms with Crippen molar-refractivity contribution in [1.29, 1.82) is 0 Å². The van der Waals surface area contributed by atoms with Gasteiger partial charge in [-0.15, -0.1) is 0 Å². The molecule has 0 rings (SSSR count). The van der Waals surface area contributed by atoms with Gasteiger partial charge in [0.25, 0.3) is 0 Å². The molecule has 0 saturated carbocycles. The highest BCUT2D eigenvalue weighted by Gasteiger charge is 2.21. The fraction of sp³-hybridized carbons (Fsp3) is 0.900. The molecule has 0 saturated heterocycles. The summed E-state index contributed by atoms with van der Waals surface area (Å²) in [7, 11) is 0. The van der Waals surface area contributed by atoms with Crippen LogP contribution >= 0.6 is 15.9 Å². The molecule has 0 aliphatic carbocycles. The van der Waals surface area contributed by atoms with Crippen molar-refractivity contribution in [2.45, 2.75) is 27.7 Å². The maximum Gasteiger partial charge on any atom is 0.225 e. The van der Waals surface area contributed by atoms with Gasteiger partial charge in [0.15, 0.2) is 0 Å². The predicted molar refractivity (Wildman–Crippen MR) is 60.1 cm³/mol. The first-order valence-corrected chi connectivity index (χ1v) is 6.01. The Kier molecular flexibility index (Phi) is 6.39. The van der Waals surface area contributed by atoms with E-state index < -0.39 is 0 Å². The molecule has 2 nitrogen and oxygen atoms in total. The van der Waals surface area contributed by atoms with E-state index in [0.717, 1.165) is 18.4 Å². The van der Waals surface area contributed by atoms with Crippen LogP contribution in [0.4, 0.5) is 0 Å². The fourth-order valence-electron chi connectivity index (χ4n) is 1.10. The number of rotatable bonds is 5. The minimum atomic E-state index is 0.138. The molecule has 1 unspecified atom stereocenters. The Labute approximate surface area is 89.8 Å². The molecule has 0 aromatic rings. The number of carbonyl (C=O) groups is 1. The van der Waals surface area contributed by atoms with Crippen LogP contribution in [0.25, 0.3) is 0 Å². The Bertz CT molecular complexity index is 159. The van der Waals surface area contributed by atoms with Gasteiger partial charge in [-0.3, -0.25) is 4.79 Å². The zero-order valence-corrected chi connectivity index (χ0v) is 10.6. The zero-order chi connectivity index (χ0) is 10.4. The van der Waals surface area contributed by atoms with Crippen LogP contribution in [-0.2, 0) is 4.79 Å². The van der Waals surface area contributed by atoms with E-state index in [9.17, 15) is 4.79 Å². The maximum absolute atomic E-state index is 11.8. The first-order chi connectivity index (χ1) is 6.04. The highest BCUT2D eigenvalue weighted by atomic mass is 79.9. The van der Waals surface area contributed by atoms with E-state index in [4.69, 9.17) is 0 Å². The number of hydrogen-bond acceptors (Lipinski definition) is 1. The van der Waals surface area contributed by atoms with Gasteiger partial charge in [-0.05, 0) is 12.8 Å². The molecule has 0 spiro atoms. The molecule has 0 bridgehead atoms. The smallest absolute Gasteiger partial charge is 0.225 e. The summed E-state index contributed by atoms with van der Waals surface area (Å²) in [6, 6.07) is 0. The van der Waals surface area contributed by atoms with E-state index in [1.54, 1.807) is 0 Å². The maximum atomic E-state index is 11.8. The van der Waals surface area contributed by atoms with E-state index in [1.807, 2.05) is 18.7 Å². The van der Waals surface area contributed by atoms with Gasteiger partial charge >= 0.3 is 0 Å². The van der Waals surface area contributed by atoms with Gasteiger partial charge in [-0.1, -0.05) is 36.7 Å². The normalized spacial score (nSPS) is 13.1. The fourth-order valence-corrected chi connectivity index (χ4v) is 1.53. The molecule has 0 N–H and O–H groups in total. The molecule has 0 aliphatic heterocycles. The molecule has 0 aromatic carbocycles. The summed E-state index contributed by atoms with van der Waals surface area (Å²) >= 11 is 3.35. The lowest BCUT2D eigenvalue weighted by atomic mass is 9.96. The van der Waals surface area contributed by atoms with Crippen molar-refractivity contribution in [3.63, 3.8) is 0 Å². The molecule has 13 heavy (non-hydrogen) atoms. The highest BCUT2D eigenvalue weighted by molar-refractivity contribution is 9.09. The van der Waals surface area contributed by atoms with Crippen LogP contribution in [0.2, 0.25) is 0 Å². The average molecular weight is 250 g/mol. The third-order valence-corrected chi connectivity index (χ3v) is 2.79. The van der Waals surface area contributed by atoms with Gasteiger partial charge in [0.05, 0.1) is 0 Å². The largest absolute Gasteiger partial charge is 0.342 e. The average Bonchev–Trinajstić information content (AvgIpc) is 2.11. The summed E-state index contributed by atoms with van der Waals surface area (Å²) in [5.41, 5.74) is 0. The second-order valence-corrected chi connectivity index (χ2v) is 4.43. The van der Waals surface area contributed by atoms with Crippen LogP contribution in [0, 0.1) is 11.8 Å². The van der Waals surface area contributed by atoms with Crippen molar-refractivity contribution in [2.24, 2.45) is 11.8 Å². The Morgan fingerprint density at radius 3 is 2.23 bits per heavy atom. The van der Waals surface area contributed by atoms with Crippen molar-refractivity contribution in [3.8, 4) is 0 Å². The van der Waals surface area contributed by atoms with Crippen molar-refractivity contribution < 1.29 is 4.79 Å². The third-order valence-electron chi connectivity index (χ3n) is 2.44. The molecule has 1 amide bonds. The van der Waals surface area contributed by atoms with Crippen molar-refractivity contribution in [2.75, 3.05) is 18.4 Å². The Morgan fingerprint density at radius 1 is 1.38 bits per heavy atom. The quantitative estimate of drug-likeness (QED) is 0.686. The van der Waals surface area contributed by atoms with Crippen LogP contribution in [0.5, 0.6) is 0 Å². The number of nitrogens with zero attached hydrogens (tertiary/aromatic N) is 1. The molecule has 0 fully saturated rings. The second kappa shape index (κ2) is 6.41.